The van der Waals surface area contributed by atoms with Crippen LogP contribution in [0.4, 0.5) is 5.69 Å². The Bertz CT molecular complexity index is 858. The maximum Gasteiger partial charge on any atom is 0.326 e. The molecule has 0 radical (unpaired) electrons. The van der Waals surface area contributed by atoms with E-state index in [1.807, 2.05) is 6.07 Å². The topological polar surface area (TPSA) is 46.6 Å². The lowest BCUT2D eigenvalue weighted by Gasteiger charge is -2.26. The van der Waals surface area contributed by atoms with E-state index < -0.39 is 17.5 Å². The standard InChI is InChI=1S/C19H17Cl3INO3/c1-19(2,3)27-16(25)10-24(13-6-4-5-12(23)9-13)18(26)17-14(21)7-11(20)8-15(17)22/h4-9H,10H2,1-3H3. The highest BCUT2D eigenvalue weighted by Crippen LogP contribution is 2.31. The molecule has 0 bridgehead atoms. The SMILES string of the molecule is CC(C)(C)OC(=O)CN(C(=O)c1c(Cl)cc(Cl)cc1Cl)c1cccc(I)c1. The minimum absolute atomic E-state index is 0.0742. The normalized spacial score (nSPS) is 11.2. The molecule has 2 aromatic carbocycles. The second kappa shape index (κ2) is 8.99. The number of anilines is 1. The first kappa shape index (κ1) is 22.3. The predicted octanol–water partition coefficient (Wildman–Crippen LogP) is 6.24. The van der Waals surface area contributed by atoms with E-state index >= 15 is 0 Å². The van der Waals surface area contributed by atoms with Gasteiger partial charge in [0.15, 0.2) is 0 Å². The van der Waals surface area contributed by atoms with E-state index in [1.165, 1.54) is 17.0 Å². The highest BCUT2D eigenvalue weighted by Gasteiger charge is 2.27. The second-order valence-corrected chi connectivity index (χ2v) is 9.20. The largest absolute Gasteiger partial charge is 0.459 e. The number of carbonyl (C=O) groups is 2. The summed E-state index contributed by atoms with van der Waals surface area (Å²) in [5, 5.41) is 0.532. The average molecular weight is 541 g/mol. The van der Waals surface area contributed by atoms with E-state index in [1.54, 1.807) is 39.0 Å². The first-order valence-electron chi connectivity index (χ1n) is 7.92. The Labute approximate surface area is 186 Å². The van der Waals surface area contributed by atoms with Crippen molar-refractivity contribution < 1.29 is 14.3 Å². The summed E-state index contributed by atoms with van der Waals surface area (Å²) in [6, 6.07) is 10.0. The van der Waals surface area contributed by atoms with Crippen molar-refractivity contribution in [3.8, 4) is 0 Å². The maximum absolute atomic E-state index is 13.2. The Morgan fingerprint density at radius 1 is 1.07 bits per heavy atom. The van der Waals surface area contributed by atoms with Crippen molar-refractivity contribution in [3.63, 3.8) is 0 Å². The number of amides is 1. The summed E-state index contributed by atoms with van der Waals surface area (Å²) < 4.78 is 6.27. The van der Waals surface area contributed by atoms with Gasteiger partial charge in [0.2, 0.25) is 0 Å². The fourth-order valence-electron chi connectivity index (χ4n) is 2.31. The highest BCUT2D eigenvalue weighted by molar-refractivity contribution is 14.1. The molecule has 0 spiro atoms. The van der Waals surface area contributed by atoms with Crippen LogP contribution < -0.4 is 4.90 Å². The van der Waals surface area contributed by atoms with Crippen LogP contribution in [0.15, 0.2) is 36.4 Å². The number of ether oxygens (including phenoxy) is 1. The Morgan fingerprint density at radius 3 is 2.19 bits per heavy atom. The van der Waals surface area contributed by atoms with Crippen LogP contribution in [0.25, 0.3) is 0 Å². The maximum atomic E-state index is 13.2. The van der Waals surface area contributed by atoms with Gasteiger partial charge in [0.1, 0.15) is 12.1 Å². The average Bonchev–Trinajstić information content (AvgIpc) is 2.49. The summed E-state index contributed by atoms with van der Waals surface area (Å²) in [5.41, 5.74) is -0.0723. The van der Waals surface area contributed by atoms with Gasteiger partial charge < -0.3 is 4.74 Å². The number of esters is 1. The fourth-order valence-corrected chi connectivity index (χ4v) is 3.81. The molecule has 0 fully saturated rings. The molecule has 0 unspecified atom stereocenters. The van der Waals surface area contributed by atoms with Crippen LogP contribution in [-0.4, -0.2) is 24.0 Å². The fraction of sp³-hybridized carbons (Fsp3) is 0.263. The van der Waals surface area contributed by atoms with E-state index in [4.69, 9.17) is 39.5 Å². The van der Waals surface area contributed by atoms with E-state index in [2.05, 4.69) is 22.6 Å². The van der Waals surface area contributed by atoms with Gasteiger partial charge in [-0.15, -0.1) is 0 Å². The number of nitrogens with zero attached hydrogens (tertiary/aromatic N) is 1. The van der Waals surface area contributed by atoms with E-state index in [-0.39, 0.29) is 22.2 Å². The van der Waals surface area contributed by atoms with Crippen LogP contribution in [-0.2, 0) is 9.53 Å². The van der Waals surface area contributed by atoms with Crippen molar-refractivity contribution >= 4 is 75.0 Å². The van der Waals surface area contributed by atoms with Crippen LogP contribution in [0.2, 0.25) is 15.1 Å². The first-order valence-corrected chi connectivity index (χ1v) is 10.1. The molecule has 0 N–H and O–H groups in total. The van der Waals surface area contributed by atoms with Crippen LogP contribution in [0.3, 0.4) is 0 Å². The predicted molar refractivity (Wildman–Crippen MR) is 118 cm³/mol. The lowest BCUT2D eigenvalue weighted by Crippen LogP contribution is -2.39. The molecule has 0 aliphatic rings. The summed E-state index contributed by atoms with van der Waals surface area (Å²) in [6.45, 7) is 4.99. The van der Waals surface area contributed by atoms with Crippen molar-refractivity contribution in [2.75, 3.05) is 11.4 Å². The van der Waals surface area contributed by atoms with Gasteiger partial charge in [0.25, 0.3) is 5.91 Å². The quantitative estimate of drug-likeness (QED) is 0.341. The third-order valence-electron chi connectivity index (χ3n) is 3.29. The first-order chi connectivity index (χ1) is 12.5. The van der Waals surface area contributed by atoms with Gasteiger partial charge in [-0.3, -0.25) is 14.5 Å². The second-order valence-electron chi connectivity index (χ2n) is 6.70. The van der Waals surface area contributed by atoms with Gasteiger partial charge in [-0.2, -0.15) is 0 Å². The minimum Gasteiger partial charge on any atom is -0.459 e. The van der Waals surface area contributed by atoms with Gasteiger partial charge in [-0.1, -0.05) is 40.9 Å². The molecule has 0 aliphatic carbocycles. The summed E-state index contributed by atoms with van der Waals surface area (Å²) >= 11 is 20.5. The van der Waals surface area contributed by atoms with Gasteiger partial charge in [0, 0.05) is 14.3 Å². The van der Waals surface area contributed by atoms with Crippen molar-refractivity contribution in [2.24, 2.45) is 0 Å². The zero-order valence-corrected chi connectivity index (χ0v) is 19.3. The van der Waals surface area contributed by atoms with Crippen molar-refractivity contribution in [3.05, 3.63) is 60.6 Å². The molecule has 0 heterocycles. The molecule has 2 aromatic rings. The molecular weight excluding hydrogens is 523 g/mol. The van der Waals surface area contributed by atoms with Gasteiger partial charge >= 0.3 is 5.97 Å². The van der Waals surface area contributed by atoms with E-state index in [9.17, 15) is 9.59 Å². The molecule has 0 atom stereocenters. The Hall–Kier alpha value is -1.02. The lowest BCUT2D eigenvalue weighted by molar-refractivity contribution is -0.152. The zero-order chi connectivity index (χ0) is 20.4. The van der Waals surface area contributed by atoms with Gasteiger partial charge in [0.05, 0.1) is 15.6 Å². The molecule has 144 valence electrons. The zero-order valence-electron chi connectivity index (χ0n) is 14.9. The van der Waals surface area contributed by atoms with Gasteiger partial charge in [-0.05, 0) is 73.7 Å². The van der Waals surface area contributed by atoms with Crippen molar-refractivity contribution in [2.45, 2.75) is 26.4 Å². The number of hydrogen-bond acceptors (Lipinski definition) is 3. The molecule has 0 aliphatic heterocycles. The van der Waals surface area contributed by atoms with Crippen LogP contribution >= 0.6 is 57.4 Å². The molecule has 8 heteroatoms. The van der Waals surface area contributed by atoms with E-state index in [0.29, 0.717) is 10.7 Å². The lowest BCUT2D eigenvalue weighted by atomic mass is 10.1. The summed E-state index contributed by atoms with van der Waals surface area (Å²) in [5.74, 6) is -1.06. The number of benzene rings is 2. The summed E-state index contributed by atoms with van der Waals surface area (Å²) in [4.78, 5) is 26.9. The molecule has 1 amide bonds. The minimum atomic E-state index is -0.674. The molecule has 0 saturated carbocycles. The van der Waals surface area contributed by atoms with Crippen LogP contribution in [0.5, 0.6) is 0 Å². The number of rotatable bonds is 4. The smallest absolute Gasteiger partial charge is 0.326 e. The van der Waals surface area contributed by atoms with Crippen molar-refractivity contribution in [1.29, 1.82) is 0 Å². The third kappa shape index (κ3) is 6.24. The van der Waals surface area contributed by atoms with Crippen molar-refractivity contribution in [1.82, 2.24) is 0 Å². The third-order valence-corrected chi connectivity index (χ3v) is 4.78. The number of hydrogen-bond donors (Lipinski definition) is 0. The van der Waals surface area contributed by atoms with Crippen LogP contribution in [0, 0.1) is 3.57 Å². The monoisotopic (exact) mass is 539 g/mol. The Balaban J connectivity index is 2.46. The van der Waals surface area contributed by atoms with E-state index in [0.717, 1.165) is 3.57 Å². The van der Waals surface area contributed by atoms with Gasteiger partial charge in [-0.25, -0.2) is 0 Å². The molecule has 4 nitrogen and oxygen atoms in total. The molecule has 0 aromatic heterocycles. The molecule has 2 rings (SSSR count). The number of carbonyl (C=O) groups excluding carboxylic acids is 2. The Kier molecular flexibility index (Phi) is 7.41. The number of halogens is 4. The van der Waals surface area contributed by atoms with Crippen LogP contribution in [0.1, 0.15) is 31.1 Å². The molecule has 0 saturated heterocycles. The highest BCUT2D eigenvalue weighted by atomic mass is 127. The Morgan fingerprint density at radius 2 is 1.67 bits per heavy atom. The molecule has 27 heavy (non-hydrogen) atoms. The molecular formula is C19H17Cl3INO3. The summed E-state index contributed by atoms with van der Waals surface area (Å²) in [6.07, 6.45) is 0. The summed E-state index contributed by atoms with van der Waals surface area (Å²) in [7, 11) is 0.